The van der Waals surface area contributed by atoms with Gasteiger partial charge in [-0.1, -0.05) is 85.3 Å². The molecule has 0 fully saturated rings. The Balaban J connectivity index is 0.000000193. The maximum Gasteiger partial charge on any atom is 2.00 e. The third-order valence-corrected chi connectivity index (χ3v) is 8.54. The fraction of sp³-hybridized carbons (Fsp3) is 0.0625. The van der Waals surface area contributed by atoms with Gasteiger partial charge in [0.15, 0.2) is 0 Å². The Morgan fingerprint density at radius 3 is 1.82 bits per heavy atom. The summed E-state index contributed by atoms with van der Waals surface area (Å²) in [7, 11) is -0.493. The first kappa shape index (κ1) is 24.4. The van der Waals surface area contributed by atoms with E-state index in [9.17, 15) is 0 Å². The van der Waals surface area contributed by atoms with E-state index in [0.29, 0.717) is 0 Å². The minimum absolute atomic E-state index is 0. The summed E-state index contributed by atoms with van der Waals surface area (Å²) in [6, 6.07) is 45.8. The van der Waals surface area contributed by atoms with Crippen molar-refractivity contribution in [2.45, 2.75) is 13.8 Å². The Morgan fingerprint density at radius 2 is 1.21 bits per heavy atom. The van der Waals surface area contributed by atoms with Crippen molar-refractivity contribution in [2.75, 3.05) is 0 Å². The van der Waals surface area contributed by atoms with Gasteiger partial charge in [-0.25, -0.2) is 0 Å². The van der Waals surface area contributed by atoms with Gasteiger partial charge >= 0.3 is 21.7 Å². The molecule has 6 aromatic rings. The van der Waals surface area contributed by atoms with Crippen LogP contribution in [0.25, 0.3) is 21.5 Å². The molecule has 0 atom stereocenters. The van der Waals surface area contributed by atoms with Gasteiger partial charge in [0.2, 0.25) is 0 Å². The van der Waals surface area contributed by atoms with E-state index in [2.05, 4.69) is 141 Å². The molecule has 0 aliphatic heterocycles. The molecule has 0 aromatic heterocycles. The molecule has 6 rings (SSSR count). The molecule has 0 aliphatic rings. The maximum atomic E-state index is 2.35. The van der Waals surface area contributed by atoms with Gasteiger partial charge < -0.3 is 0 Å². The standard InChI is InChI=1S/C21H16P.C11H11.Ti/c1-3-11-19(12-4-1)22(20-13-5-2-6-14-20)21-15-17-9-7-8-10-18(17)16-21;1-8-6-7-9(2)11-5-3-4-10(8)11;/h1-16H;3-7H,1-2H3;/q2*-1;+2. The molecule has 0 spiro atoms. The Labute approximate surface area is 218 Å². The molecule has 0 N–H and O–H groups in total. The van der Waals surface area contributed by atoms with Crippen molar-refractivity contribution in [3.8, 4) is 0 Å². The first-order chi connectivity index (χ1) is 16.2. The van der Waals surface area contributed by atoms with Crippen molar-refractivity contribution in [1.82, 2.24) is 0 Å². The molecular weight excluding hydrogens is 463 g/mol. The number of benzene rings is 4. The molecule has 0 radical (unpaired) electrons. The number of hydrogen-bond donors (Lipinski definition) is 0. The van der Waals surface area contributed by atoms with Gasteiger partial charge in [0.05, 0.1) is 0 Å². The minimum Gasteiger partial charge on any atom is -0.168 e. The van der Waals surface area contributed by atoms with E-state index in [4.69, 9.17) is 0 Å². The zero-order valence-corrected chi connectivity index (χ0v) is 22.0. The van der Waals surface area contributed by atoms with Gasteiger partial charge in [-0.05, 0) is 25.5 Å². The number of rotatable bonds is 3. The SMILES string of the molecule is Cc1ccc(C)c2[cH-]ccc12.[Ti+2].c1ccc(P(c2ccccc2)c2cc3ccccc3[cH-]2)cc1. The first-order valence-electron chi connectivity index (χ1n) is 11.4. The fourth-order valence-corrected chi connectivity index (χ4v) is 6.77. The average molecular weight is 490 g/mol. The Morgan fingerprint density at radius 1 is 0.618 bits per heavy atom. The summed E-state index contributed by atoms with van der Waals surface area (Å²) < 4.78 is 0. The van der Waals surface area contributed by atoms with E-state index in [0.717, 1.165) is 0 Å². The van der Waals surface area contributed by atoms with E-state index in [1.165, 1.54) is 48.6 Å². The number of aryl methyl sites for hydroxylation is 2. The van der Waals surface area contributed by atoms with E-state index >= 15 is 0 Å². The van der Waals surface area contributed by atoms with E-state index in [1.807, 2.05) is 0 Å². The zero-order chi connectivity index (χ0) is 22.6. The first-order valence-corrected chi connectivity index (χ1v) is 12.7. The number of fused-ring (bicyclic) bond motifs is 2. The van der Waals surface area contributed by atoms with E-state index in [1.54, 1.807) is 0 Å². The Bertz CT molecular complexity index is 1370. The summed E-state index contributed by atoms with van der Waals surface area (Å²) >= 11 is 0. The van der Waals surface area contributed by atoms with Crippen LogP contribution in [0.3, 0.4) is 0 Å². The zero-order valence-electron chi connectivity index (χ0n) is 19.6. The second-order valence-corrected chi connectivity index (χ2v) is 10.6. The molecule has 6 aromatic carbocycles. The molecule has 0 saturated carbocycles. The van der Waals surface area contributed by atoms with Crippen LogP contribution in [-0.4, -0.2) is 0 Å². The molecule has 0 amide bonds. The van der Waals surface area contributed by atoms with Crippen LogP contribution < -0.4 is 15.9 Å². The second kappa shape index (κ2) is 11.1. The van der Waals surface area contributed by atoms with Crippen LogP contribution in [0, 0.1) is 13.8 Å². The van der Waals surface area contributed by atoms with Crippen molar-refractivity contribution in [3.05, 3.63) is 139 Å². The smallest absolute Gasteiger partial charge is 0.168 e. The third kappa shape index (κ3) is 5.16. The Kier molecular flexibility index (Phi) is 7.97. The molecule has 34 heavy (non-hydrogen) atoms. The third-order valence-electron chi connectivity index (χ3n) is 6.14. The van der Waals surface area contributed by atoms with Gasteiger partial charge in [-0.3, -0.25) is 0 Å². The van der Waals surface area contributed by atoms with Crippen LogP contribution in [0.1, 0.15) is 11.1 Å². The van der Waals surface area contributed by atoms with Gasteiger partial charge in [-0.2, -0.15) is 18.2 Å². The molecule has 0 bridgehead atoms. The van der Waals surface area contributed by atoms with Crippen LogP contribution in [0.4, 0.5) is 0 Å². The molecular formula is C32H27PTi. The van der Waals surface area contributed by atoms with Gasteiger partial charge in [-0.15, -0.1) is 68.8 Å². The summed E-state index contributed by atoms with van der Waals surface area (Å²) in [5.74, 6) is 0. The largest absolute Gasteiger partial charge is 2.00 e. The average Bonchev–Trinajstić information content (AvgIpc) is 3.52. The summed E-state index contributed by atoms with van der Waals surface area (Å²) in [5, 5.41) is 9.68. The monoisotopic (exact) mass is 490 g/mol. The van der Waals surface area contributed by atoms with Crippen molar-refractivity contribution in [1.29, 1.82) is 0 Å². The summed E-state index contributed by atoms with van der Waals surface area (Å²) in [6.45, 7) is 4.31. The molecule has 2 heteroatoms. The van der Waals surface area contributed by atoms with Crippen LogP contribution in [-0.2, 0) is 21.7 Å². The van der Waals surface area contributed by atoms with Gasteiger partial charge in [0, 0.05) is 0 Å². The molecule has 0 unspecified atom stereocenters. The van der Waals surface area contributed by atoms with E-state index in [-0.39, 0.29) is 21.7 Å². The molecule has 0 aliphatic carbocycles. The predicted molar refractivity (Wildman–Crippen MR) is 147 cm³/mol. The summed E-state index contributed by atoms with van der Waals surface area (Å²) in [5.41, 5.74) is 2.74. The molecule has 164 valence electrons. The molecule has 0 saturated heterocycles. The normalized spacial score (nSPS) is 10.7. The molecule has 0 nitrogen and oxygen atoms in total. The fourth-order valence-electron chi connectivity index (χ4n) is 4.40. The van der Waals surface area contributed by atoms with Crippen molar-refractivity contribution in [3.63, 3.8) is 0 Å². The quantitative estimate of drug-likeness (QED) is 0.137. The minimum atomic E-state index is -0.493. The summed E-state index contributed by atoms with van der Waals surface area (Å²) in [6.07, 6.45) is 0. The van der Waals surface area contributed by atoms with Crippen LogP contribution in [0.5, 0.6) is 0 Å². The van der Waals surface area contributed by atoms with Crippen LogP contribution in [0.2, 0.25) is 0 Å². The Hall–Kier alpha value is -2.76. The van der Waals surface area contributed by atoms with Crippen molar-refractivity contribution in [2.24, 2.45) is 0 Å². The van der Waals surface area contributed by atoms with Gasteiger partial charge in [0.1, 0.15) is 0 Å². The van der Waals surface area contributed by atoms with Crippen molar-refractivity contribution < 1.29 is 21.7 Å². The van der Waals surface area contributed by atoms with E-state index < -0.39 is 7.92 Å². The van der Waals surface area contributed by atoms with Crippen LogP contribution in [0.15, 0.2) is 127 Å². The second-order valence-electron chi connectivity index (χ2n) is 8.40. The summed E-state index contributed by atoms with van der Waals surface area (Å²) in [4.78, 5) is 0. The van der Waals surface area contributed by atoms with Gasteiger partial charge in [0.25, 0.3) is 0 Å². The van der Waals surface area contributed by atoms with Crippen LogP contribution >= 0.6 is 7.92 Å². The predicted octanol–water partition coefficient (Wildman–Crippen LogP) is 7.49. The topological polar surface area (TPSA) is 0 Å². The maximum absolute atomic E-state index is 2.35. The molecule has 0 heterocycles. The number of hydrogen-bond acceptors (Lipinski definition) is 0. The van der Waals surface area contributed by atoms with Crippen molar-refractivity contribution >= 4 is 45.4 Å².